The van der Waals surface area contributed by atoms with Crippen molar-refractivity contribution in [2.75, 3.05) is 0 Å². The maximum atomic E-state index is 12.5. The molecule has 2 aromatic carbocycles. The first kappa shape index (κ1) is 18.1. The van der Waals surface area contributed by atoms with Gasteiger partial charge in [0.15, 0.2) is 0 Å². The highest BCUT2D eigenvalue weighted by atomic mass is 35.5. The molecule has 0 aliphatic heterocycles. The predicted molar refractivity (Wildman–Crippen MR) is 103 cm³/mol. The Bertz CT molecular complexity index is 967. The number of hydrogen-bond acceptors (Lipinski definition) is 3. The number of benzene rings is 2. The highest BCUT2D eigenvalue weighted by Gasteiger charge is 2.13. The highest BCUT2D eigenvalue weighted by Crippen LogP contribution is 2.19. The number of carbonyl (C=O) groups is 1. The van der Waals surface area contributed by atoms with E-state index in [9.17, 15) is 9.59 Å². The lowest BCUT2D eigenvalue weighted by molar-refractivity contribution is -0.122. The van der Waals surface area contributed by atoms with E-state index in [1.807, 2.05) is 37.3 Å². The fourth-order valence-corrected chi connectivity index (χ4v) is 3.00. The zero-order valence-corrected chi connectivity index (χ0v) is 15.2. The van der Waals surface area contributed by atoms with Crippen LogP contribution in [0, 0.1) is 0 Å². The third kappa shape index (κ3) is 4.11. The summed E-state index contributed by atoms with van der Waals surface area (Å²) in [7, 11) is 0. The molecule has 0 bridgehead atoms. The Hall–Kier alpha value is -2.66. The lowest BCUT2D eigenvalue weighted by Gasteiger charge is -2.18. The van der Waals surface area contributed by atoms with Crippen molar-refractivity contribution in [2.45, 2.75) is 32.4 Å². The molecule has 26 heavy (non-hydrogen) atoms. The summed E-state index contributed by atoms with van der Waals surface area (Å²) in [5, 5.41) is 4.23. The maximum Gasteiger partial charge on any atom is 0.261 e. The van der Waals surface area contributed by atoms with E-state index in [4.69, 9.17) is 11.6 Å². The van der Waals surface area contributed by atoms with Crippen molar-refractivity contribution < 1.29 is 4.79 Å². The van der Waals surface area contributed by atoms with Crippen LogP contribution in [-0.2, 0) is 11.3 Å². The van der Waals surface area contributed by atoms with Crippen LogP contribution in [0.15, 0.2) is 59.7 Å². The van der Waals surface area contributed by atoms with Crippen molar-refractivity contribution in [2.24, 2.45) is 0 Å². The van der Waals surface area contributed by atoms with Crippen LogP contribution < -0.4 is 10.9 Å². The Morgan fingerprint density at radius 2 is 1.92 bits per heavy atom. The summed E-state index contributed by atoms with van der Waals surface area (Å²) in [6.45, 7) is 2.30. The van der Waals surface area contributed by atoms with E-state index < -0.39 is 0 Å². The van der Waals surface area contributed by atoms with Crippen LogP contribution in [0.25, 0.3) is 10.9 Å². The van der Waals surface area contributed by atoms with Crippen molar-refractivity contribution >= 4 is 28.4 Å². The van der Waals surface area contributed by atoms with Gasteiger partial charge in [0, 0.05) is 18.0 Å². The SMILES string of the molecule is CCC(NC(=O)CCn1cnc2ccccc2c1=O)c1ccc(Cl)cc1. The van der Waals surface area contributed by atoms with Gasteiger partial charge in [0.2, 0.25) is 5.91 Å². The minimum absolute atomic E-state index is 0.0776. The van der Waals surface area contributed by atoms with Gasteiger partial charge in [-0.2, -0.15) is 0 Å². The summed E-state index contributed by atoms with van der Waals surface area (Å²) < 4.78 is 1.48. The van der Waals surface area contributed by atoms with Crippen molar-refractivity contribution in [1.29, 1.82) is 0 Å². The first-order chi connectivity index (χ1) is 12.6. The Morgan fingerprint density at radius 1 is 1.19 bits per heavy atom. The first-order valence-electron chi connectivity index (χ1n) is 8.57. The molecular weight excluding hydrogens is 350 g/mol. The average Bonchev–Trinajstić information content (AvgIpc) is 2.66. The van der Waals surface area contributed by atoms with Gasteiger partial charge < -0.3 is 5.32 Å². The first-order valence-corrected chi connectivity index (χ1v) is 8.95. The molecule has 1 heterocycles. The number of hydrogen-bond donors (Lipinski definition) is 1. The number of amides is 1. The molecule has 0 saturated heterocycles. The smallest absolute Gasteiger partial charge is 0.261 e. The van der Waals surface area contributed by atoms with Crippen molar-refractivity contribution in [3.8, 4) is 0 Å². The molecule has 3 aromatic rings. The second kappa shape index (κ2) is 8.15. The number of aromatic nitrogens is 2. The topological polar surface area (TPSA) is 64.0 Å². The van der Waals surface area contributed by atoms with Gasteiger partial charge >= 0.3 is 0 Å². The van der Waals surface area contributed by atoms with E-state index in [0.29, 0.717) is 22.5 Å². The Labute approximate surface area is 156 Å². The zero-order valence-electron chi connectivity index (χ0n) is 14.5. The molecule has 1 amide bonds. The van der Waals surface area contributed by atoms with Gasteiger partial charge in [0.1, 0.15) is 0 Å². The number of halogens is 1. The summed E-state index contributed by atoms with van der Waals surface area (Å²) >= 11 is 5.91. The van der Waals surface area contributed by atoms with E-state index in [2.05, 4.69) is 10.3 Å². The molecule has 3 rings (SSSR count). The predicted octanol–water partition coefficient (Wildman–Crippen LogP) is 3.71. The molecule has 0 radical (unpaired) electrons. The largest absolute Gasteiger partial charge is 0.349 e. The molecule has 0 aliphatic rings. The van der Waals surface area contributed by atoms with Crippen LogP contribution in [-0.4, -0.2) is 15.5 Å². The van der Waals surface area contributed by atoms with Crippen molar-refractivity contribution in [3.05, 3.63) is 75.8 Å². The van der Waals surface area contributed by atoms with Crippen LogP contribution in [0.5, 0.6) is 0 Å². The zero-order chi connectivity index (χ0) is 18.5. The van der Waals surface area contributed by atoms with Crippen LogP contribution in [0.4, 0.5) is 0 Å². The summed E-state index contributed by atoms with van der Waals surface area (Å²) in [6.07, 6.45) is 2.48. The molecule has 0 fully saturated rings. The quantitative estimate of drug-likeness (QED) is 0.720. The average molecular weight is 370 g/mol. The lowest BCUT2D eigenvalue weighted by atomic mass is 10.0. The van der Waals surface area contributed by atoms with E-state index in [0.717, 1.165) is 12.0 Å². The van der Waals surface area contributed by atoms with E-state index >= 15 is 0 Å². The molecule has 1 aromatic heterocycles. The fraction of sp³-hybridized carbons (Fsp3) is 0.250. The molecular formula is C20H20ClN3O2. The molecule has 0 saturated carbocycles. The van der Waals surface area contributed by atoms with E-state index in [-0.39, 0.29) is 23.9 Å². The van der Waals surface area contributed by atoms with E-state index in [1.54, 1.807) is 18.2 Å². The van der Waals surface area contributed by atoms with Gasteiger partial charge in [0.25, 0.3) is 5.56 Å². The molecule has 0 aliphatic carbocycles. The van der Waals surface area contributed by atoms with Gasteiger partial charge in [-0.25, -0.2) is 4.98 Å². The summed E-state index contributed by atoms with van der Waals surface area (Å²) in [5.74, 6) is -0.105. The molecule has 5 nitrogen and oxygen atoms in total. The molecule has 6 heteroatoms. The highest BCUT2D eigenvalue weighted by molar-refractivity contribution is 6.30. The number of nitrogens with one attached hydrogen (secondary N) is 1. The molecule has 1 unspecified atom stereocenters. The number of nitrogens with zero attached hydrogens (tertiary/aromatic N) is 2. The van der Waals surface area contributed by atoms with Crippen LogP contribution in [0.1, 0.15) is 31.4 Å². The minimum atomic E-state index is -0.131. The second-order valence-corrected chi connectivity index (χ2v) is 6.53. The fourth-order valence-electron chi connectivity index (χ4n) is 2.87. The molecule has 134 valence electrons. The monoisotopic (exact) mass is 369 g/mol. The van der Waals surface area contributed by atoms with Crippen LogP contribution in [0.3, 0.4) is 0 Å². The van der Waals surface area contributed by atoms with Crippen molar-refractivity contribution in [1.82, 2.24) is 14.9 Å². The van der Waals surface area contributed by atoms with Crippen LogP contribution in [0.2, 0.25) is 5.02 Å². The Kier molecular flexibility index (Phi) is 5.68. The standard InChI is InChI=1S/C20H20ClN3O2/c1-2-17(14-7-9-15(21)10-8-14)23-19(25)11-12-24-13-22-18-6-4-3-5-16(18)20(24)26/h3-10,13,17H,2,11-12H2,1H3,(H,23,25). The molecule has 0 spiro atoms. The summed E-state index contributed by atoms with van der Waals surface area (Å²) in [5.41, 5.74) is 1.54. The number of aryl methyl sites for hydroxylation is 1. The number of fused-ring (bicyclic) bond motifs is 1. The summed E-state index contributed by atoms with van der Waals surface area (Å²) in [6, 6.07) is 14.6. The third-order valence-corrected chi connectivity index (χ3v) is 4.58. The third-order valence-electron chi connectivity index (χ3n) is 4.33. The summed E-state index contributed by atoms with van der Waals surface area (Å²) in [4.78, 5) is 29.1. The number of carbonyl (C=O) groups excluding carboxylic acids is 1. The number of rotatable bonds is 6. The lowest BCUT2D eigenvalue weighted by Crippen LogP contribution is -2.30. The number of para-hydroxylation sites is 1. The Balaban J connectivity index is 1.66. The maximum absolute atomic E-state index is 12.5. The van der Waals surface area contributed by atoms with Crippen molar-refractivity contribution in [3.63, 3.8) is 0 Å². The Morgan fingerprint density at radius 3 is 2.65 bits per heavy atom. The van der Waals surface area contributed by atoms with Gasteiger partial charge in [-0.1, -0.05) is 42.8 Å². The second-order valence-electron chi connectivity index (χ2n) is 6.09. The molecule has 1 N–H and O–H groups in total. The normalized spacial score (nSPS) is 12.1. The van der Waals surface area contributed by atoms with Crippen LogP contribution >= 0.6 is 11.6 Å². The van der Waals surface area contributed by atoms with E-state index in [1.165, 1.54) is 10.9 Å². The van der Waals surface area contributed by atoms with Gasteiger partial charge in [-0.3, -0.25) is 14.2 Å². The van der Waals surface area contributed by atoms with Gasteiger partial charge in [-0.05, 0) is 36.2 Å². The minimum Gasteiger partial charge on any atom is -0.349 e. The molecule has 1 atom stereocenters. The van der Waals surface area contributed by atoms with Gasteiger partial charge in [0.05, 0.1) is 23.3 Å². The van der Waals surface area contributed by atoms with Gasteiger partial charge in [-0.15, -0.1) is 0 Å².